The highest BCUT2D eigenvalue weighted by Gasteiger charge is 2.22. The van der Waals surface area contributed by atoms with E-state index in [1.165, 1.54) is 0 Å². The molecule has 130 valence electrons. The molecule has 0 saturated carbocycles. The molecule has 8 nitrogen and oxygen atoms in total. The van der Waals surface area contributed by atoms with Crippen molar-refractivity contribution in [2.45, 2.75) is 12.5 Å². The minimum Gasteiger partial charge on any atom is -0.490 e. The van der Waals surface area contributed by atoms with Gasteiger partial charge in [-0.15, -0.1) is 0 Å². The summed E-state index contributed by atoms with van der Waals surface area (Å²) in [6.45, 7) is 3.68. The van der Waals surface area contributed by atoms with Crippen LogP contribution in [0.3, 0.4) is 0 Å². The molecule has 0 bridgehead atoms. The number of ether oxygens (including phenoxy) is 3. The van der Waals surface area contributed by atoms with Gasteiger partial charge in [0.05, 0.1) is 18.9 Å². The number of oxime groups is 1. The number of carbonyl (C=O) groups excluding carboxylic acids is 1. The Morgan fingerprint density at radius 2 is 2.21 bits per heavy atom. The molecular weight excluding hydrogens is 314 g/mol. The highest BCUT2D eigenvalue weighted by atomic mass is 16.7. The molecule has 2 N–H and O–H groups in total. The summed E-state index contributed by atoms with van der Waals surface area (Å²) in [5.41, 5.74) is 6.69. The average molecular weight is 335 g/mol. The zero-order valence-electron chi connectivity index (χ0n) is 13.3. The van der Waals surface area contributed by atoms with Gasteiger partial charge in [0.1, 0.15) is 19.0 Å². The van der Waals surface area contributed by atoms with E-state index in [2.05, 4.69) is 16.1 Å². The summed E-state index contributed by atoms with van der Waals surface area (Å²) < 4.78 is 15.9. The lowest BCUT2D eigenvalue weighted by molar-refractivity contribution is 0.0470. The van der Waals surface area contributed by atoms with E-state index in [0.29, 0.717) is 18.7 Å². The quantitative estimate of drug-likeness (QED) is 0.837. The third-order valence-corrected chi connectivity index (χ3v) is 3.80. The van der Waals surface area contributed by atoms with E-state index in [-0.39, 0.29) is 12.7 Å². The number of carbonyl (C=O) groups is 1. The number of nitrogens with zero attached hydrogens (tertiary/aromatic N) is 2. The Labute approximate surface area is 140 Å². The molecule has 2 aliphatic rings. The van der Waals surface area contributed by atoms with Crippen LogP contribution in [0.15, 0.2) is 29.4 Å². The number of rotatable bonds is 6. The van der Waals surface area contributed by atoms with Crippen LogP contribution in [0.2, 0.25) is 0 Å². The van der Waals surface area contributed by atoms with E-state index in [1.54, 1.807) is 0 Å². The first kappa shape index (κ1) is 16.4. The molecule has 1 fully saturated rings. The summed E-state index contributed by atoms with van der Waals surface area (Å²) in [4.78, 5) is 18.1. The zero-order valence-corrected chi connectivity index (χ0v) is 13.3. The topological polar surface area (TPSA) is 95.6 Å². The summed E-state index contributed by atoms with van der Waals surface area (Å²) in [5.74, 6) is 0.782. The normalized spacial score (nSPS) is 20.2. The maximum atomic E-state index is 10.6. The zero-order chi connectivity index (χ0) is 16.8. The first-order valence-electron chi connectivity index (χ1n) is 7.90. The Hall–Kier alpha value is -2.48. The number of nitrogens with two attached hydrogens (primary N) is 1. The highest BCUT2D eigenvalue weighted by Crippen LogP contribution is 2.23. The van der Waals surface area contributed by atoms with Gasteiger partial charge in [0.15, 0.2) is 6.10 Å². The van der Waals surface area contributed by atoms with Gasteiger partial charge < -0.3 is 29.7 Å². The molecule has 1 unspecified atom stereocenters. The van der Waals surface area contributed by atoms with Crippen molar-refractivity contribution >= 4 is 17.5 Å². The van der Waals surface area contributed by atoms with Crippen LogP contribution in [0.4, 0.5) is 10.5 Å². The van der Waals surface area contributed by atoms with Crippen LogP contribution in [0, 0.1) is 0 Å². The molecule has 2 heterocycles. The lowest BCUT2D eigenvalue weighted by Gasteiger charge is -2.29. The maximum Gasteiger partial charge on any atom is 0.404 e. The summed E-state index contributed by atoms with van der Waals surface area (Å²) in [6, 6.07) is 7.96. The second-order valence-corrected chi connectivity index (χ2v) is 5.60. The van der Waals surface area contributed by atoms with Crippen LogP contribution in [0.5, 0.6) is 5.75 Å². The summed E-state index contributed by atoms with van der Waals surface area (Å²) in [7, 11) is 0. The molecule has 8 heteroatoms. The molecule has 1 aromatic rings. The molecule has 24 heavy (non-hydrogen) atoms. The van der Waals surface area contributed by atoms with Crippen LogP contribution in [0.25, 0.3) is 0 Å². The fourth-order valence-corrected chi connectivity index (χ4v) is 2.60. The van der Waals surface area contributed by atoms with Gasteiger partial charge in [-0.25, -0.2) is 4.79 Å². The Morgan fingerprint density at radius 1 is 1.38 bits per heavy atom. The van der Waals surface area contributed by atoms with Crippen molar-refractivity contribution in [3.63, 3.8) is 0 Å². The molecular formula is C16H21N3O5. The average Bonchev–Trinajstić information content (AvgIpc) is 3.07. The lowest BCUT2D eigenvalue weighted by Crippen LogP contribution is -2.36. The summed E-state index contributed by atoms with van der Waals surface area (Å²) >= 11 is 0. The van der Waals surface area contributed by atoms with Crippen molar-refractivity contribution in [1.29, 1.82) is 0 Å². The van der Waals surface area contributed by atoms with Gasteiger partial charge in [0.2, 0.25) is 0 Å². The van der Waals surface area contributed by atoms with Crippen molar-refractivity contribution in [1.82, 2.24) is 0 Å². The maximum absolute atomic E-state index is 10.6. The van der Waals surface area contributed by atoms with E-state index in [0.717, 1.165) is 37.7 Å². The molecule has 1 aromatic carbocycles. The van der Waals surface area contributed by atoms with Crippen molar-refractivity contribution in [3.8, 4) is 5.75 Å². The molecule has 1 amide bonds. The van der Waals surface area contributed by atoms with E-state index in [1.807, 2.05) is 18.2 Å². The number of anilines is 1. The second kappa shape index (κ2) is 7.87. The largest absolute Gasteiger partial charge is 0.490 e. The summed E-state index contributed by atoms with van der Waals surface area (Å²) in [6.07, 6.45) is -0.461. The molecule has 0 aliphatic carbocycles. The minimum atomic E-state index is -0.822. The fourth-order valence-electron chi connectivity index (χ4n) is 2.60. The van der Waals surface area contributed by atoms with Crippen LogP contribution < -0.4 is 15.4 Å². The lowest BCUT2D eigenvalue weighted by atomic mass is 10.2. The van der Waals surface area contributed by atoms with Crippen molar-refractivity contribution < 1.29 is 23.8 Å². The van der Waals surface area contributed by atoms with Gasteiger partial charge in [-0.05, 0) is 12.1 Å². The van der Waals surface area contributed by atoms with E-state index < -0.39 is 6.09 Å². The molecule has 1 saturated heterocycles. The third kappa shape index (κ3) is 4.51. The number of hydrogen-bond acceptors (Lipinski definition) is 7. The Balaban J connectivity index is 1.46. The van der Waals surface area contributed by atoms with Gasteiger partial charge in [-0.1, -0.05) is 11.2 Å². The Bertz CT molecular complexity index is 601. The predicted octanol–water partition coefficient (Wildman–Crippen LogP) is 1.14. The van der Waals surface area contributed by atoms with Gasteiger partial charge in [-0.3, -0.25) is 0 Å². The SMILES string of the molecule is NC(=O)OCC1=NOC(COc2cccc(N3CCOCC3)c2)C1. The number of amides is 1. The number of benzene rings is 1. The number of primary amides is 1. The van der Waals surface area contributed by atoms with Gasteiger partial charge in [0.25, 0.3) is 0 Å². The van der Waals surface area contributed by atoms with Crippen LogP contribution in [-0.2, 0) is 14.3 Å². The van der Waals surface area contributed by atoms with Gasteiger partial charge in [-0.2, -0.15) is 0 Å². The Morgan fingerprint density at radius 3 is 3.00 bits per heavy atom. The smallest absolute Gasteiger partial charge is 0.404 e. The molecule has 1 atom stereocenters. The van der Waals surface area contributed by atoms with E-state index in [4.69, 9.17) is 24.8 Å². The van der Waals surface area contributed by atoms with Gasteiger partial charge >= 0.3 is 6.09 Å². The third-order valence-electron chi connectivity index (χ3n) is 3.80. The van der Waals surface area contributed by atoms with Crippen LogP contribution >= 0.6 is 0 Å². The molecule has 3 rings (SSSR count). The fraction of sp³-hybridized carbons (Fsp3) is 0.500. The molecule has 2 aliphatic heterocycles. The monoisotopic (exact) mass is 335 g/mol. The van der Waals surface area contributed by atoms with E-state index >= 15 is 0 Å². The van der Waals surface area contributed by atoms with Crippen molar-refractivity contribution in [2.24, 2.45) is 10.9 Å². The molecule has 0 spiro atoms. The first-order chi connectivity index (χ1) is 11.7. The van der Waals surface area contributed by atoms with Crippen LogP contribution in [-0.4, -0.2) is 57.4 Å². The van der Waals surface area contributed by atoms with Crippen LogP contribution in [0.1, 0.15) is 6.42 Å². The molecule has 0 radical (unpaired) electrons. The highest BCUT2D eigenvalue weighted by molar-refractivity contribution is 5.88. The summed E-state index contributed by atoms with van der Waals surface area (Å²) in [5, 5.41) is 3.87. The number of hydrogen-bond donors (Lipinski definition) is 1. The van der Waals surface area contributed by atoms with Gasteiger partial charge in [0, 0.05) is 31.3 Å². The standard InChI is InChI=1S/C16H21N3O5/c17-16(20)23-10-12-8-15(24-18-12)11-22-14-3-1-2-13(9-14)19-4-6-21-7-5-19/h1-3,9,15H,4-8,10-11H2,(H2,17,20). The Kier molecular flexibility index (Phi) is 5.37. The minimum absolute atomic E-state index is 0.0539. The number of morpholine rings is 1. The first-order valence-corrected chi connectivity index (χ1v) is 7.90. The molecule has 0 aromatic heterocycles. The van der Waals surface area contributed by atoms with Crippen molar-refractivity contribution in [3.05, 3.63) is 24.3 Å². The van der Waals surface area contributed by atoms with Crippen molar-refractivity contribution in [2.75, 3.05) is 44.4 Å². The predicted molar refractivity (Wildman–Crippen MR) is 87.4 cm³/mol. The van der Waals surface area contributed by atoms with E-state index in [9.17, 15) is 4.79 Å². The second-order valence-electron chi connectivity index (χ2n) is 5.60.